The molecule has 2 aromatic rings. The van der Waals surface area contributed by atoms with E-state index in [-0.39, 0.29) is 11.4 Å². The molecule has 148 valence electrons. The van der Waals surface area contributed by atoms with Crippen LogP contribution in [0.2, 0.25) is 0 Å². The lowest BCUT2D eigenvalue weighted by Crippen LogP contribution is -2.15. The number of benzene rings is 2. The lowest BCUT2D eigenvalue weighted by Gasteiger charge is -2.28. The van der Waals surface area contributed by atoms with E-state index in [9.17, 15) is 13.2 Å². The molecule has 0 unspecified atom stereocenters. The monoisotopic (exact) mass is 384 g/mol. The van der Waals surface area contributed by atoms with Gasteiger partial charge in [-0.2, -0.15) is 0 Å². The number of hydrogen-bond acceptors (Lipinski definition) is 0. The Bertz CT molecular complexity index is 811. The van der Waals surface area contributed by atoms with E-state index in [0.29, 0.717) is 23.5 Å². The Kier molecular flexibility index (Phi) is 7.20. The minimum absolute atomic E-state index is 0.229. The first-order valence-corrected chi connectivity index (χ1v) is 10.3. The van der Waals surface area contributed by atoms with Crippen LogP contribution in [0.25, 0.3) is 0 Å². The summed E-state index contributed by atoms with van der Waals surface area (Å²) in [5.74, 6) is 5.14. The topological polar surface area (TPSA) is 0 Å². The van der Waals surface area contributed by atoms with Crippen LogP contribution in [0.3, 0.4) is 0 Å². The summed E-state index contributed by atoms with van der Waals surface area (Å²) in [7, 11) is 0. The Morgan fingerprint density at radius 1 is 0.821 bits per heavy atom. The summed E-state index contributed by atoms with van der Waals surface area (Å²) in [4.78, 5) is 0. The van der Waals surface area contributed by atoms with Crippen LogP contribution in [0, 0.1) is 41.1 Å². The predicted molar refractivity (Wildman–Crippen MR) is 107 cm³/mol. The van der Waals surface area contributed by atoms with E-state index < -0.39 is 11.6 Å². The zero-order chi connectivity index (χ0) is 19.9. The maximum atomic E-state index is 14.4. The Labute approximate surface area is 166 Å². The molecule has 3 rings (SSSR count). The zero-order valence-corrected chi connectivity index (χ0v) is 16.4. The standard InChI is InChI=1S/C25H27F3/c1-2-3-18-4-6-19(7-5-18)8-9-21-16-24(27)23(25(28)17-21)15-12-20-10-13-22(26)14-11-20/h10-11,13-14,16-19H,2-9H2,1H3. The highest BCUT2D eigenvalue weighted by molar-refractivity contribution is 5.45. The molecule has 1 fully saturated rings. The van der Waals surface area contributed by atoms with E-state index in [0.717, 1.165) is 12.3 Å². The van der Waals surface area contributed by atoms with Crippen molar-refractivity contribution >= 4 is 0 Å². The van der Waals surface area contributed by atoms with Gasteiger partial charge in [0.1, 0.15) is 17.5 Å². The molecule has 0 saturated heterocycles. The van der Waals surface area contributed by atoms with Crippen molar-refractivity contribution in [1.29, 1.82) is 0 Å². The second kappa shape index (κ2) is 9.82. The number of aryl methyl sites for hydroxylation is 1. The smallest absolute Gasteiger partial charge is 0.142 e. The molecule has 3 heteroatoms. The third-order valence-electron chi connectivity index (χ3n) is 5.78. The summed E-state index contributed by atoms with van der Waals surface area (Å²) in [6.07, 6.45) is 9.31. The first-order valence-electron chi connectivity index (χ1n) is 10.3. The van der Waals surface area contributed by atoms with Crippen molar-refractivity contribution in [2.45, 2.75) is 58.3 Å². The molecule has 0 aliphatic heterocycles. The average Bonchev–Trinajstić information content (AvgIpc) is 2.68. The van der Waals surface area contributed by atoms with E-state index in [1.807, 2.05) is 0 Å². The van der Waals surface area contributed by atoms with Gasteiger partial charge in [0, 0.05) is 5.56 Å². The van der Waals surface area contributed by atoms with Crippen molar-refractivity contribution < 1.29 is 13.2 Å². The molecular weight excluding hydrogens is 357 g/mol. The van der Waals surface area contributed by atoms with Gasteiger partial charge in [-0.15, -0.1) is 0 Å². The summed E-state index contributed by atoms with van der Waals surface area (Å²) >= 11 is 0. The van der Waals surface area contributed by atoms with E-state index in [2.05, 4.69) is 18.8 Å². The zero-order valence-electron chi connectivity index (χ0n) is 16.4. The van der Waals surface area contributed by atoms with Crippen LogP contribution in [0.1, 0.15) is 68.6 Å². The molecule has 0 spiro atoms. The van der Waals surface area contributed by atoms with Gasteiger partial charge in [0.2, 0.25) is 0 Å². The molecule has 0 atom stereocenters. The van der Waals surface area contributed by atoms with Crippen LogP contribution in [0.4, 0.5) is 13.2 Å². The summed E-state index contributed by atoms with van der Waals surface area (Å²) < 4.78 is 41.7. The molecule has 1 aliphatic rings. The van der Waals surface area contributed by atoms with Gasteiger partial charge >= 0.3 is 0 Å². The Hall–Kier alpha value is -2.21. The number of hydrogen-bond donors (Lipinski definition) is 0. The SMILES string of the molecule is CCCC1CCC(CCc2cc(F)c(C#Cc3ccc(F)cc3)c(F)c2)CC1. The molecule has 0 nitrogen and oxygen atoms in total. The lowest BCUT2D eigenvalue weighted by atomic mass is 9.78. The molecule has 0 heterocycles. The van der Waals surface area contributed by atoms with Crippen LogP contribution < -0.4 is 0 Å². The quantitative estimate of drug-likeness (QED) is 0.485. The molecule has 0 bridgehead atoms. The Balaban J connectivity index is 1.60. The molecule has 0 aromatic heterocycles. The highest BCUT2D eigenvalue weighted by atomic mass is 19.1. The van der Waals surface area contributed by atoms with Crippen LogP contribution in [-0.2, 0) is 6.42 Å². The van der Waals surface area contributed by atoms with Gasteiger partial charge in [-0.05, 0) is 66.6 Å². The van der Waals surface area contributed by atoms with E-state index >= 15 is 0 Å². The summed E-state index contributed by atoms with van der Waals surface area (Å²) in [5, 5.41) is 0. The Morgan fingerprint density at radius 3 is 1.96 bits per heavy atom. The first kappa shape index (κ1) is 20.5. The molecule has 0 radical (unpaired) electrons. The molecule has 1 saturated carbocycles. The second-order valence-electron chi connectivity index (χ2n) is 7.91. The minimum atomic E-state index is -0.628. The average molecular weight is 384 g/mol. The summed E-state index contributed by atoms with van der Waals surface area (Å²) in [6.45, 7) is 2.24. The third kappa shape index (κ3) is 5.64. The molecule has 1 aliphatic carbocycles. The van der Waals surface area contributed by atoms with E-state index in [1.165, 1.54) is 74.9 Å². The fourth-order valence-corrected chi connectivity index (χ4v) is 4.15. The van der Waals surface area contributed by atoms with Crippen molar-refractivity contribution in [3.63, 3.8) is 0 Å². The highest BCUT2D eigenvalue weighted by Crippen LogP contribution is 2.34. The van der Waals surface area contributed by atoms with Gasteiger partial charge in [-0.1, -0.05) is 57.3 Å². The molecular formula is C25H27F3. The fourth-order valence-electron chi connectivity index (χ4n) is 4.15. The molecule has 2 aromatic carbocycles. The van der Waals surface area contributed by atoms with Crippen LogP contribution in [-0.4, -0.2) is 0 Å². The highest BCUT2D eigenvalue weighted by Gasteiger charge is 2.20. The van der Waals surface area contributed by atoms with Gasteiger partial charge in [0.15, 0.2) is 0 Å². The Morgan fingerprint density at radius 2 is 1.39 bits per heavy atom. The maximum Gasteiger partial charge on any atom is 0.142 e. The normalized spacial score (nSPS) is 19.1. The van der Waals surface area contributed by atoms with E-state index in [1.54, 1.807) is 0 Å². The lowest BCUT2D eigenvalue weighted by molar-refractivity contribution is 0.252. The number of halogens is 3. The van der Waals surface area contributed by atoms with Crippen molar-refractivity contribution in [3.8, 4) is 11.8 Å². The second-order valence-corrected chi connectivity index (χ2v) is 7.91. The van der Waals surface area contributed by atoms with Crippen LogP contribution in [0.5, 0.6) is 0 Å². The largest absolute Gasteiger partial charge is 0.207 e. The van der Waals surface area contributed by atoms with E-state index in [4.69, 9.17) is 0 Å². The van der Waals surface area contributed by atoms with Crippen LogP contribution in [0.15, 0.2) is 36.4 Å². The molecule has 28 heavy (non-hydrogen) atoms. The maximum absolute atomic E-state index is 14.4. The third-order valence-corrected chi connectivity index (χ3v) is 5.78. The van der Waals surface area contributed by atoms with Crippen molar-refractivity contribution in [2.75, 3.05) is 0 Å². The summed E-state index contributed by atoms with van der Waals surface area (Å²) in [6, 6.07) is 8.33. The van der Waals surface area contributed by atoms with Gasteiger partial charge in [-0.25, -0.2) is 13.2 Å². The van der Waals surface area contributed by atoms with Crippen molar-refractivity contribution in [3.05, 3.63) is 70.5 Å². The van der Waals surface area contributed by atoms with Gasteiger partial charge in [0.05, 0.1) is 5.56 Å². The fraction of sp³-hybridized carbons (Fsp3) is 0.440. The van der Waals surface area contributed by atoms with Gasteiger partial charge in [-0.3, -0.25) is 0 Å². The van der Waals surface area contributed by atoms with Crippen molar-refractivity contribution in [2.24, 2.45) is 11.8 Å². The number of rotatable bonds is 5. The minimum Gasteiger partial charge on any atom is -0.207 e. The van der Waals surface area contributed by atoms with Crippen molar-refractivity contribution in [1.82, 2.24) is 0 Å². The predicted octanol–water partition coefficient (Wildman–Crippen LogP) is 7.04. The molecule has 0 N–H and O–H groups in total. The van der Waals surface area contributed by atoms with Crippen LogP contribution >= 0.6 is 0 Å². The summed E-state index contributed by atoms with van der Waals surface area (Å²) in [5.41, 5.74) is 0.981. The van der Waals surface area contributed by atoms with Gasteiger partial charge < -0.3 is 0 Å². The van der Waals surface area contributed by atoms with Gasteiger partial charge in [0.25, 0.3) is 0 Å². The molecule has 0 amide bonds. The first-order chi connectivity index (χ1) is 13.5.